The van der Waals surface area contributed by atoms with E-state index >= 15 is 0 Å². The van der Waals surface area contributed by atoms with Gasteiger partial charge in [-0.2, -0.15) is 0 Å². The van der Waals surface area contributed by atoms with Gasteiger partial charge in [0.2, 0.25) is 0 Å². The summed E-state index contributed by atoms with van der Waals surface area (Å²) in [6, 6.07) is 1.80. The van der Waals surface area contributed by atoms with E-state index in [9.17, 15) is 4.79 Å². The minimum Gasteiger partial charge on any atom is -0.469 e. The second-order valence-electron chi connectivity index (χ2n) is 4.47. The number of ether oxygens (including phenoxy) is 1. The summed E-state index contributed by atoms with van der Waals surface area (Å²) in [5.41, 5.74) is 0. The van der Waals surface area contributed by atoms with Gasteiger partial charge in [0, 0.05) is 25.5 Å². The zero-order chi connectivity index (χ0) is 12.3. The Morgan fingerprint density at radius 3 is 2.82 bits per heavy atom. The van der Waals surface area contributed by atoms with Crippen LogP contribution < -0.4 is 0 Å². The molecule has 1 aromatic heterocycles. The van der Waals surface area contributed by atoms with Crippen LogP contribution in [0.4, 0.5) is 0 Å². The predicted octanol–water partition coefficient (Wildman–Crippen LogP) is 0.717. The summed E-state index contributed by atoms with van der Waals surface area (Å²) in [6.45, 7) is 4.39. The van der Waals surface area contributed by atoms with Crippen molar-refractivity contribution in [2.45, 2.75) is 13.5 Å². The average Bonchev–Trinajstić information content (AvgIpc) is 2.70. The fourth-order valence-electron chi connectivity index (χ4n) is 2.27. The topological polar surface area (TPSA) is 55.3 Å². The maximum absolute atomic E-state index is 11.5. The molecule has 2 atom stereocenters. The maximum Gasteiger partial charge on any atom is 0.310 e. The molecular weight excluding hydrogens is 218 g/mol. The number of nitrogens with zero attached hydrogens (tertiary/aromatic N) is 3. The molecule has 0 spiro atoms. The molecule has 5 heteroatoms. The van der Waals surface area contributed by atoms with Gasteiger partial charge in [0.15, 0.2) is 0 Å². The summed E-state index contributed by atoms with van der Waals surface area (Å²) in [7, 11) is 1.44. The lowest BCUT2D eigenvalue weighted by atomic mass is 9.99. The molecule has 5 nitrogen and oxygen atoms in total. The van der Waals surface area contributed by atoms with Gasteiger partial charge in [-0.3, -0.25) is 9.69 Å². The number of likely N-dealkylation sites (tertiary alicyclic amines) is 1. The van der Waals surface area contributed by atoms with Crippen molar-refractivity contribution in [3.8, 4) is 0 Å². The van der Waals surface area contributed by atoms with E-state index in [-0.39, 0.29) is 11.9 Å². The van der Waals surface area contributed by atoms with Crippen LogP contribution in [0, 0.1) is 11.8 Å². The molecule has 0 radical (unpaired) electrons. The molecule has 1 aromatic rings. The summed E-state index contributed by atoms with van der Waals surface area (Å²) in [5, 5.41) is 0. The van der Waals surface area contributed by atoms with Crippen LogP contribution in [0.15, 0.2) is 18.5 Å². The average molecular weight is 235 g/mol. The van der Waals surface area contributed by atoms with E-state index in [4.69, 9.17) is 4.74 Å². The van der Waals surface area contributed by atoms with Gasteiger partial charge in [0.1, 0.15) is 5.82 Å². The Hall–Kier alpha value is -1.49. The van der Waals surface area contributed by atoms with Gasteiger partial charge in [-0.15, -0.1) is 0 Å². The molecule has 1 saturated heterocycles. The zero-order valence-electron chi connectivity index (χ0n) is 10.2. The number of carbonyl (C=O) groups excluding carboxylic acids is 1. The first-order chi connectivity index (χ1) is 8.20. The monoisotopic (exact) mass is 235 g/mol. The molecule has 17 heavy (non-hydrogen) atoms. The highest BCUT2D eigenvalue weighted by molar-refractivity contribution is 5.73. The van der Waals surface area contributed by atoms with Crippen molar-refractivity contribution in [1.82, 2.24) is 14.9 Å². The van der Waals surface area contributed by atoms with Gasteiger partial charge in [-0.05, 0) is 12.0 Å². The second-order valence-corrected chi connectivity index (χ2v) is 4.47. The SMILES string of the molecule is COC(=O)[C@@H]1CN(Cc2ncccn2)C[C@@H]1C. The third kappa shape index (κ3) is 2.79. The minimum atomic E-state index is -0.117. The van der Waals surface area contributed by atoms with E-state index in [0.29, 0.717) is 12.5 Å². The fraction of sp³-hybridized carbons (Fsp3) is 0.583. The molecule has 0 aliphatic carbocycles. The van der Waals surface area contributed by atoms with Gasteiger partial charge < -0.3 is 4.74 Å². The van der Waals surface area contributed by atoms with Crippen LogP contribution in [-0.2, 0) is 16.1 Å². The van der Waals surface area contributed by atoms with E-state index < -0.39 is 0 Å². The highest BCUT2D eigenvalue weighted by atomic mass is 16.5. The first kappa shape index (κ1) is 12.0. The van der Waals surface area contributed by atoms with Gasteiger partial charge in [0.05, 0.1) is 19.6 Å². The highest BCUT2D eigenvalue weighted by Gasteiger charge is 2.35. The first-order valence-electron chi connectivity index (χ1n) is 5.76. The lowest BCUT2D eigenvalue weighted by Gasteiger charge is -2.13. The van der Waals surface area contributed by atoms with Crippen LogP contribution in [-0.4, -0.2) is 41.0 Å². The molecular formula is C12H17N3O2. The predicted molar refractivity (Wildman–Crippen MR) is 62.0 cm³/mol. The van der Waals surface area contributed by atoms with Crippen LogP contribution in [0.2, 0.25) is 0 Å². The van der Waals surface area contributed by atoms with Crippen molar-refractivity contribution >= 4 is 5.97 Å². The summed E-state index contributed by atoms with van der Waals surface area (Å²) in [6.07, 6.45) is 3.47. The van der Waals surface area contributed by atoms with Crippen LogP contribution >= 0.6 is 0 Å². The molecule has 0 N–H and O–H groups in total. The summed E-state index contributed by atoms with van der Waals surface area (Å²) in [4.78, 5) is 22.1. The Balaban J connectivity index is 1.95. The Morgan fingerprint density at radius 2 is 2.18 bits per heavy atom. The number of carbonyl (C=O) groups is 1. The molecule has 2 rings (SSSR count). The Labute approximate surface area is 101 Å². The molecule has 0 unspecified atom stereocenters. The van der Waals surface area contributed by atoms with Crippen molar-refractivity contribution in [3.05, 3.63) is 24.3 Å². The number of hydrogen-bond donors (Lipinski definition) is 0. The number of esters is 1. The van der Waals surface area contributed by atoms with Gasteiger partial charge in [0.25, 0.3) is 0 Å². The molecule has 92 valence electrons. The highest BCUT2D eigenvalue weighted by Crippen LogP contribution is 2.24. The molecule has 1 aliphatic heterocycles. The molecule has 2 heterocycles. The molecule has 0 saturated carbocycles. The molecule has 1 aliphatic rings. The van der Waals surface area contributed by atoms with Crippen LogP contribution in [0.3, 0.4) is 0 Å². The van der Waals surface area contributed by atoms with Crippen LogP contribution in [0.25, 0.3) is 0 Å². The third-order valence-corrected chi connectivity index (χ3v) is 3.18. The van der Waals surface area contributed by atoms with Gasteiger partial charge in [-0.25, -0.2) is 9.97 Å². The molecule has 0 amide bonds. The standard InChI is InChI=1S/C12H17N3O2/c1-9-6-15(7-10(9)12(16)17-2)8-11-13-4-3-5-14-11/h3-5,9-10H,6-8H2,1-2H3/t9-,10+/m0/s1. The van der Waals surface area contributed by atoms with Crippen LogP contribution in [0.1, 0.15) is 12.7 Å². The van der Waals surface area contributed by atoms with E-state index in [1.807, 2.05) is 0 Å². The number of hydrogen-bond acceptors (Lipinski definition) is 5. The van der Waals surface area contributed by atoms with E-state index in [1.165, 1.54) is 7.11 Å². The van der Waals surface area contributed by atoms with E-state index in [2.05, 4.69) is 21.8 Å². The lowest BCUT2D eigenvalue weighted by molar-refractivity contribution is -0.146. The van der Waals surface area contributed by atoms with Gasteiger partial charge >= 0.3 is 5.97 Å². The largest absolute Gasteiger partial charge is 0.469 e. The summed E-state index contributed by atoms with van der Waals surface area (Å²) in [5.74, 6) is 0.981. The first-order valence-corrected chi connectivity index (χ1v) is 5.76. The maximum atomic E-state index is 11.5. The van der Waals surface area contributed by atoms with Crippen molar-refractivity contribution in [1.29, 1.82) is 0 Å². The number of methoxy groups -OCH3 is 1. The second kappa shape index (κ2) is 5.23. The Kier molecular flexibility index (Phi) is 3.68. The minimum absolute atomic E-state index is 0.0243. The normalized spacial score (nSPS) is 24.8. The number of rotatable bonds is 3. The fourth-order valence-corrected chi connectivity index (χ4v) is 2.27. The van der Waals surface area contributed by atoms with Crippen molar-refractivity contribution in [2.75, 3.05) is 20.2 Å². The number of aromatic nitrogens is 2. The summed E-state index contributed by atoms with van der Waals surface area (Å²) >= 11 is 0. The molecule has 0 bridgehead atoms. The zero-order valence-corrected chi connectivity index (χ0v) is 10.2. The molecule has 1 fully saturated rings. The van der Waals surface area contributed by atoms with Crippen molar-refractivity contribution in [2.24, 2.45) is 11.8 Å². The van der Waals surface area contributed by atoms with Crippen LogP contribution in [0.5, 0.6) is 0 Å². The van der Waals surface area contributed by atoms with Gasteiger partial charge in [-0.1, -0.05) is 6.92 Å². The third-order valence-electron chi connectivity index (χ3n) is 3.18. The Morgan fingerprint density at radius 1 is 1.47 bits per heavy atom. The van der Waals surface area contributed by atoms with Crippen molar-refractivity contribution in [3.63, 3.8) is 0 Å². The molecule has 0 aromatic carbocycles. The lowest BCUT2D eigenvalue weighted by Crippen LogP contribution is -2.24. The smallest absolute Gasteiger partial charge is 0.310 e. The van der Waals surface area contributed by atoms with E-state index in [1.54, 1.807) is 18.5 Å². The quantitative estimate of drug-likeness (QED) is 0.722. The van der Waals surface area contributed by atoms with E-state index in [0.717, 1.165) is 18.9 Å². The summed E-state index contributed by atoms with van der Waals surface area (Å²) < 4.78 is 4.81. The Bertz CT molecular complexity index is 383. The van der Waals surface area contributed by atoms with Crippen molar-refractivity contribution < 1.29 is 9.53 Å².